The first-order valence-corrected chi connectivity index (χ1v) is 13.1. The van der Waals surface area contributed by atoms with Crippen molar-refractivity contribution in [2.24, 2.45) is 15.0 Å². The van der Waals surface area contributed by atoms with Gasteiger partial charge in [-0.25, -0.2) is 20.0 Å². The molecule has 2 aromatic heterocycles. The van der Waals surface area contributed by atoms with Crippen LogP contribution in [0.2, 0.25) is 0 Å². The van der Waals surface area contributed by atoms with E-state index in [1.54, 1.807) is 19.2 Å². The number of benzene rings is 2. The standard InChI is InChI=1S/C13H10N4O2S.C13H9N3O3S/c1-14-11-8-4-7(2-3-9(8)15-6-16-11)5-10-12(18)17-13(19)20-10;1-19-12-8-4-7(2-3-9(8)14-6-15-12)5-10-11(17)16-13(18)20-10/h2-6,18H,1H3,(H,17,19);2-6H,1H3,(H,16,17,18)/b;10-5+. The summed E-state index contributed by atoms with van der Waals surface area (Å²) in [6.07, 6.45) is 6.27. The minimum Gasteiger partial charge on any atom is -0.493 e. The molecule has 2 aliphatic rings. The van der Waals surface area contributed by atoms with Gasteiger partial charge in [-0.3, -0.25) is 29.7 Å². The average Bonchev–Trinajstić information content (AvgIpc) is 3.45. The Kier molecular flexibility index (Phi) is 7.61. The number of aromatic amines is 1. The summed E-state index contributed by atoms with van der Waals surface area (Å²) < 4.78 is 5.18. The highest BCUT2D eigenvalue weighted by Gasteiger charge is 2.25. The molecule has 0 unspecified atom stereocenters. The number of methoxy groups -OCH3 is 1. The molecule has 6 rings (SSSR count). The highest BCUT2D eigenvalue weighted by molar-refractivity contribution is 8.18. The second-order valence-electron chi connectivity index (χ2n) is 8.08. The predicted molar refractivity (Wildman–Crippen MR) is 154 cm³/mol. The average molecular weight is 574 g/mol. The summed E-state index contributed by atoms with van der Waals surface area (Å²) in [5, 5.41) is 13.8. The number of fused-ring (bicyclic) bond motifs is 2. The van der Waals surface area contributed by atoms with Crippen LogP contribution in [0.4, 0.5) is 4.79 Å². The minimum absolute atomic E-state index is 0.121. The quantitative estimate of drug-likeness (QED) is 0.312. The van der Waals surface area contributed by atoms with Gasteiger partial charge in [-0.1, -0.05) is 23.5 Å². The molecule has 3 N–H and O–H groups in total. The van der Waals surface area contributed by atoms with E-state index in [4.69, 9.17) is 4.74 Å². The smallest absolute Gasteiger partial charge is 0.307 e. The highest BCUT2D eigenvalue weighted by atomic mass is 32.2. The third kappa shape index (κ3) is 5.72. The lowest BCUT2D eigenvalue weighted by molar-refractivity contribution is -0.115. The Morgan fingerprint density at radius 2 is 1.93 bits per heavy atom. The van der Waals surface area contributed by atoms with E-state index in [1.165, 1.54) is 19.8 Å². The molecule has 12 nitrogen and oxygen atoms in total. The van der Waals surface area contributed by atoms with Gasteiger partial charge in [-0.05, 0) is 59.0 Å². The molecule has 200 valence electrons. The SMILES string of the molecule is CN=C1N=CN=c2ccc(=Cc3sc(=O)[nH]c3O)cc21.COc1ncnc2ccc(/C=C3/SC(=O)NC3=O)cc12. The van der Waals surface area contributed by atoms with Crippen LogP contribution in [-0.2, 0) is 4.79 Å². The number of thioether (sulfide) groups is 1. The van der Waals surface area contributed by atoms with Gasteiger partial charge in [0.15, 0.2) is 5.84 Å². The monoisotopic (exact) mass is 573 g/mol. The lowest BCUT2D eigenvalue weighted by atomic mass is 10.1. The molecular weight excluding hydrogens is 554 g/mol. The van der Waals surface area contributed by atoms with Gasteiger partial charge in [0.05, 0.1) is 33.2 Å². The van der Waals surface area contributed by atoms with Gasteiger partial charge >= 0.3 is 4.87 Å². The van der Waals surface area contributed by atoms with Crippen molar-refractivity contribution >= 4 is 69.5 Å². The number of amidine groups is 1. The molecule has 2 aliphatic heterocycles. The first-order chi connectivity index (χ1) is 19.3. The number of H-pyrrole nitrogens is 1. The largest absolute Gasteiger partial charge is 0.493 e. The van der Waals surface area contributed by atoms with E-state index in [-0.39, 0.29) is 21.9 Å². The number of aromatic nitrogens is 3. The second-order valence-corrected chi connectivity index (χ2v) is 10.1. The van der Waals surface area contributed by atoms with Crippen LogP contribution in [0.3, 0.4) is 0 Å². The van der Waals surface area contributed by atoms with Gasteiger partial charge < -0.3 is 9.84 Å². The summed E-state index contributed by atoms with van der Waals surface area (Å²) in [7, 11) is 3.20. The van der Waals surface area contributed by atoms with Gasteiger partial charge in [0.2, 0.25) is 11.8 Å². The number of carbonyl (C=O) groups excluding carboxylic acids is 2. The lowest BCUT2D eigenvalue weighted by Crippen LogP contribution is -2.22. The van der Waals surface area contributed by atoms with Crippen molar-refractivity contribution in [3.63, 3.8) is 0 Å². The van der Waals surface area contributed by atoms with E-state index in [2.05, 4.69) is 35.2 Å². The number of nitrogens with zero attached hydrogens (tertiary/aromatic N) is 5. The van der Waals surface area contributed by atoms with Crippen molar-refractivity contribution in [1.29, 1.82) is 0 Å². The molecule has 1 fully saturated rings. The maximum atomic E-state index is 11.5. The fourth-order valence-corrected chi connectivity index (χ4v) is 5.16. The van der Waals surface area contributed by atoms with Gasteiger partial charge in [-0.15, -0.1) is 0 Å². The van der Waals surface area contributed by atoms with E-state index in [9.17, 15) is 19.5 Å². The van der Waals surface area contributed by atoms with Crippen LogP contribution >= 0.6 is 23.1 Å². The molecule has 0 radical (unpaired) electrons. The Morgan fingerprint density at radius 3 is 2.62 bits per heavy atom. The van der Waals surface area contributed by atoms with Crippen LogP contribution in [0.1, 0.15) is 16.0 Å². The number of carbonyl (C=O) groups is 2. The number of amides is 2. The lowest BCUT2D eigenvalue weighted by Gasteiger charge is -2.04. The number of rotatable bonds is 3. The van der Waals surface area contributed by atoms with E-state index in [1.807, 2.05) is 36.4 Å². The molecular formula is C26H19N7O5S2. The van der Waals surface area contributed by atoms with Crippen molar-refractivity contribution in [2.75, 3.05) is 14.2 Å². The van der Waals surface area contributed by atoms with Gasteiger partial charge in [0.25, 0.3) is 11.1 Å². The number of ether oxygens (including phenoxy) is 1. The Morgan fingerprint density at radius 1 is 1.07 bits per heavy atom. The maximum absolute atomic E-state index is 11.5. The molecule has 0 bridgehead atoms. The van der Waals surface area contributed by atoms with Crippen LogP contribution in [0.5, 0.6) is 11.8 Å². The highest BCUT2D eigenvalue weighted by Crippen LogP contribution is 2.28. The summed E-state index contributed by atoms with van der Waals surface area (Å²) in [6.45, 7) is 0. The fourth-order valence-electron chi connectivity index (χ4n) is 3.79. The fraction of sp³-hybridized carbons (Fsp3) is 0.0769. The number of aromatic hydroxyl groups is 1. The third-order valence-electron chi connectivity index (χ3n) is 5.56. The molecule has 14 heteroatoms. The first kappa shape index (κ1) is 26.6. The van der Waals surface area contributed by atoms with Crippen LogP contribution in [-0.4, -0.2) is 57.5 Å². The van der Waals surface area contributed by atoms with Gasteiger partial charge in [0, 0.05) is 12.6 Å². The van der Waals surface area contributed by atoms with Crippen LogP contribution in [0.15, 0.2) is 67.4 Å². The Hall–Kier alpha value is -4.95. The van der Waals surface area contributed by atoms with Gasteiger partial charge in [0.1, 0.15) is 12.7 Å². The number of hydrogen-bond donors (Lipinski definition) is 3. The van der Waals surface area contributed by atoms with E-state index >= 15 is 0 Å². The number of imide groups is 1. The summed E-state index contributed by atoms with van der Waals surface area (Å²) in [4.78, 5) is 57.2. The number of nitrogens with one attached hydrogen (secondary N) is 2. The summed E-state index contributed by atoms with van der Waals surface area (Å²) >= 11 is 1.84. The first-order valence-electron chi connectivity index (χ1n) is 11.5. The molecule has 4 aromatic rings. The molecule has 2 amide bonds. The zero-order valence-corrected chi connectivity index (χ0v) is 22.5. The van der Waals surface area contributed by atoms with E-state index < -0.39 is 0 Å². The Labute approximate surface area is 233 Å². The van der Waals surface area contributed by atoms with E-state index in [0.29, 0.717) is 21.5 Å². The molecule has 0 atom stereocenters. The summed E-state index contributed by atoms with van der Waals surface area (Å²) in [5.74, 6) is 0.577. The molecule has 2 aromatic carbocycles. The minimum atomic E-state index is -0.378. The van der Waals surface area contributed by atoms with Crippen molar-refractivity contribution in [1.82, 2.24) is 20.3 Å². The second kappa shape index (κ2) is 11.4. The maximum Gasteiger partial charge on any atom is 0.307 e. The molecule has 40 heavy (non-hydrogen) atoms. The van der Waals surface area contributed by atoms with Crippen molar-refractivity contribution in [2.45, 2.75) is 0 Å². The molecule has 0 aliphatic carbocycles. The topological polar surface area (TPSA) is 171 Å². The zero-order valence-electron chi connectivity index (χ0n) is 20.9. The molecule has 1 saturated heterocycles. The predicted octanol–water partition coefficient (Wildman–Crippen LogP) is 1.97. The molecule has 4 heterocycles. The number of thiazole rings is 1. The summed E-state index contributed by atoms with van der Waals surface area (Å²) in [6, 6.07) is 11.0. The number of hydrogen-bond acceptors (Lipinski definition) is 11. The van der Waals surface area contributed by atoms with Crippen LogP contribution in [0.25, 0.3) is 23.1 Å². The third-order valence-corrected chi connectivity index (χ3v) is 7.19. The van der Waals surface area contributed by atoms with Crippen LogP contribution < -0.4 is 25.5 Å². The Balaban J connectivity index is 0.000000161. The zero-order chi connectivity index (χ0) is 28.2. The number of aliphatic imine (C=N–C) groups is 2. The normalized spacial score (nSPS) is 16.5. The molecule has 0 spiro atoms. The van der Waals surface area contributed by atoms with Gasteiger partial charge in [-0.2, -0.15) is 0 Å². The van der Waals surface area contributed by atoms with Crippen molar-refractivity contribution < 1.29 is 19.4 Å². The van der Waals surface area contributed by atoms with Crippen molar-refractivity contribution in [3.8, 4) is 11.8 Å². The van der Waals surface area contributed by atoms with Crippen molar-refractivity contribution in [3.05, 3.63) is 83.9 Å². The van der Waals surface area contributed by atoms with E-state index in [0.717, 1.165) is 55.7 Å². The Bertz CT molecular complexity index is 1940. The van der Waals surface area contributed by atoms with Crippen LogP contribution in [0, 0.1) is 0 Å². The molecule has 0 saturated carbocycles. The summed E-state index contributed by atoms with van der Waals surface area (Å²) in [5.41, 5.74) is 2.35.